The van der Waals surface area contributed by atoms with Crippen LogP contribution in [0.25, 0.3) is 0 Å². The van der Waals surface area contributed by atoms with Gasteiger partial charge in [-0.2, -0.15) is 13.2 Å². The lowest BCUT2D eigenvalue weighted by atomic mass is 10.2. The minimum absolute atomic E-state index is 0.182. The zero-order valence-corrected chi connectivity index (χ0v) is 12.8. The summed E-state index contributed by atoms with van der Waals surface area (Å²) in [6.07, 6.45) is -3.71. The molecule has 0 fully saturated rings. The normalized spacial score (nSPS) is 11.7. The molecule has 2 aromatic rings. The molecule has 0 aliphatic rings. The van der Waals surface area contributed by atoms with Gasteiger partial charge in [0.2, 0.25) is 0 Å². The summed E-state index contributed by atoms with van der Waals surface area (Å²) in [6.45, 7) is 0.182. The van der Waals surface area contributed by atoms with Crippen LogP contribution in [-0.4, -0.2) is 4.98 Å². The molecule has 0 saturated heterocycles. The van der Waals surface area contributed by atoms with E-state index in [-0.39, 0.29) is 20.9 Å². The average Bonchev–Trinajstić information content (AvgIpc) is 2.44. The second-order valence-corrected chi connectivity index (χ2v) is 5.90. The van der Waals surface area contributed by atoms with E-state index in [4.69, 9.17) is 5.73 Å². The van der Waals surface area contributed by atoms with Gasteiger partial charge in [0.15, 0.2) is 5.82 Å². The number of alkyl halides is 3. The molecule has 0 bridgehead atoms. The lowest BCUT2D eigenvalue weighted by molar-refractivity contribution is -0.137. The Morgan fingerprint density at radius 1 is 1.19 bits per heavy atom. The van der Waals surface area contributed by atoms with E-state index < -0.39 is 17.6 Å². The fraction of sp³-hybridized carbons (Fsp3) is 0.154. The van der Waals surface area contributed by atoms with Crippen molar-refractivity contribution in [1.82, 2.24) is 4.98 Å². The number of nitrogens with zero attached hydrogens (tertiary/aromatic N) is 1. The first-order chi connectivity index (χ1) is 9.82. The Morgan fingerprint density at radius 3 is 2.43 bits per heavy atom. The Balaban J connectivity index is 2.25. The molecule has 0 unspecified atom stereocenters. The number of aromatic nitrogens is 1. The molecule has 0 amide bonds. The number of benzene rings is 1. The van der Waals surface area contributed by atoms with Crippen molar-refractivity contribution in [3.8, 4) is 0 Å². The molecule has 0 atom stereocenters. The zero-order valence-electron chi connectivity index (χ0n) is 10.4. The molecule has 2 N–H and O–H groups in total. The summed E-state index contributed by atoms with van der Waals surface area (Å²) in [7, 11) is 0. The Morgan fingerprint density at radius 2 is 1.90 bits per heavy atom. The third-order valence-electron chi connectivity index (χ3n) is 2.62. The largest absolute Gasteiger partial charge is 0.417 e. The minimum Gasteiger partial charge on any atom is -0.326 e. The van der Waals surface area contributed by atoms with Crippen LogP contribution in [0.4, 0.5) is 17.6 Å². The predicted molar refractivity (Wildman–Crippen MR) is 75.4 cm³/mol. The summed E-state index contributed by atoms with van der Waals surface area (Å²) in [5, 5.41) is 0.272. The van der Waals surface area contributed by atoms with Gasteiger partial charge in [-0.25, -0.2) is 9.37 Å². The van der Waals surface area contributed by atoms with Crippen molar-refractivity contribution in [3.05, 3.63) is 51.9 Å². The smallest absolute Gasteiger partial charge is 0.326 e. The Labute approximate surface area is 130 Å². The SMILES string of the molecule is NCc1ccc(Sc2ccc(C(F)(F)F)cn2)c(F)c1Br. The highest BCUT2D eigenvalue weighted by atomic mass is 79.9. The fourth-order valence-corrected chi connectivity index (χ4v) is 2.96. The standard InChI is InChI=1S/C13H9BrF4N2S/c14-11-7(5-19)1-3-9(12(11)15)21-10-4-2-8(6-20-10)13(16,17)18/h1-4,6H,5,19H2. The number of pyridine rings is 1. The van der Waals surface area contributed by atoms with Crippen LogP contribution >= 0.6 is 27.7 Å². The van der Waals surface area contributed by atoms with Crippen LogP contribution < -0.4 is 5.73 Å². The summed E-state index contributed by atoms with van der Waals surface area (Å²) in [5.74, 6) is -0.510. The molecule has 112 valence electrons. The molecule has 1 aromatic heterocycles. The maximum Gasteiger partial charge on any atom is 0.417 e. The van der Waals surface area contributed by atoms with Crippen LogP contribution in [0.5, 0.6) is 0 Å². The fourth-order valence-electron chi connectivity index (χ4n) is 1.53. The van der Waals surface area contributed by atoms with E-state index in [0.717, 1.165) is 24.0 Å². The molecule has 8 heteroatoms. The van der Waals surface area contributed by atoms with Gasteiger partial charge in [-0.3, -0.25) is 0 Å². The Bertz CT molecular complexity index is 644. The van der Waals surface area contributed by atoms with Crippen molar-refractivity contribution in [2.75, 3.05) is 0 Å². The van der Waals surface area contributed by atoms with Gasteiger partial charge in [0, 0.05) is 12.7 Å². The van der Waals surface area contributed by atoms with Gasteiger partial charge >= 0.3 is 6.18 Å². The Kier molecular flexibility index (Phi) is 4.90. The van der Waals surface area contributed by atoms with E-state index in [1.165, 1.54) is 12.1 Å². The van der Waals surface area contributed by atoms with E-state index in [1.807, 2.05) is 0 Å². The number of hydrogen-bond donors (Lipinski definition) is 1. The monoisotopic (exact) mass is 380 g/mol. The van der Waals surface area contributed by atoms with Crippen LogP contribution in [0, 0.1) is 5.82 Å². The van der Waals surface area contributed by atoms with Gasteiger partial charge in [0.05, 0.1) is 14.9 Å². The molecular formula is C13H9BrF4N2S. The number of halogens is 5. The predicted octanol–water partition coefficient (Wildman–Crippen LogP) is 4.61. The summed E-state index contributed by atoms with van der Waals surface area (Å²) in [5.41, 5.74) is 5.23. The highest BCUT2D eigenvalue weighted by Crippen LogP contribution is 2.35. The quantitative estimate of drug-likeness (QED) is 0.790. The molecule has 1 heterocycles. The van der Waals surface area contributed by atoms with E-state index in [2.05, 4.69) is 20.9 Å². The summed E-state index contributed by atoms with van der Waals surface area (Å²) in [4.78, 5) is 3.95. The van der Waals surface area contributed by atoms with Crippen molar-refractivity contribution < 1.29 is 17.6 Å². The van der Waals surface area contributed by atoms with Crippen molar-refractivity contribution >= 4 is 27.7 Å². The molecule has 2 nitrogen and oxygen atoms in total. The second-order valence-electron chi connectivity index (χ2n) is 4.04. The van der Waals surface area contributed by atoms with E-state index >= 15 is 0 Å². The molecule has 21 heavy (non-hydrogen) atoms. The highest BCUT2D eigenvalue weighted by Gasteiger charge is 2.30. The van der Waals surface area contributed by atoms with Crippen molar-refractivity contribution in [3.63, 3.8) is 0 Å². The van der Waals surface area contributed by atoms with Gasteiger partial charge in [0.1, 0.15) is 5.03 Å². The first-order valence-corrected chi connectivity index (χ1v) is 7.32. The van der Waals surface area contributed by atoms with Gasteiger partial charge < -0.3 is 5.73 Å². The van der Waals surface area contributed by atoms with Crippen LogP contribution in [0.1, 0.15) is 11.1 Å². The third kappa shape index (κ3) is 3.75. The topological polar surface area (TPSA) is 38.9 Å². The van der Waals surface area contributed by atoms with Gasteiger partial charge in [-0.05, 0) is 39.7 Å². The zero-order chi connectivity index (χ0) is 15.6. The minimum atomic E-state index is -4.44. The average molecular weight is 381 g/mol. The van der Waals surface area contributed by atoms with Gasteiger partial charge in [0.25, 0.3) is 0 Å². The maximum atomic E-state index is 14.1. The first-order valence-electron chi connectivity index (χ1n) is 5.71. The van der Waals surface area contributed by atoms with Crippen molar-refractivity contribution in [2.45, 2.75) is 22.6 Å². The summed E-state index contributed by atoms with van der Waals surface area (Å²) < 4.78 is 51.6. The molecule has 0 saturated carbocycles. The molecule has 0 radical (unpaired) electrons. The second kappa shape index (κ2) is 6.33. The van der Waals surface area contributed by atoms with Crippen LogP contribution in [0.3, 0.4) is 0 Å². The van der Waals surface area contributed by atoms with Crippen LogP contribution in [-0.2, 0) is 12.7 Å². The van der Waals surface area contributed by atoms with E-state index in [0.29, 0.717) is 5.56 Å². The molecule has 0 aliphatic carbocycles. The van der Waals surface area contributed by atoms with E-state index in [1.54, 1.807) is 6.07 Å². The van der Waals surface area contributed by atoms with Crippen LogP contribution in [0.15, 0.2) is 44.9 Å². The molecule has 0 spiro atoms. The van der Waals surface area contributed by atoms with E-state index in [9.17, 15) is 17.6 Å². The molecular weight excluding hydrogens is 372 g/mol. The highest BCUT2D eigenvalue weighted by molar-refractivity contribution is 9.10. The van der Waals surface area contributed by atoms with Crippen molar-refractivity contribution in [2.24, 2.45) is 5.73 Å². The van der Waals surface area contributed by atoms with Crippen molar-refractivity contribution in [1.29, 1.82) is 0 Å². The lowest BCUT2D eigenvalue weighted by Crippen LogP contribution is -2.05. The molecule has 1 aromatic carbocycles. The number of nitrogens with two attached hydrogens (primary N) is 1. The third-order valence-corrected chi connectivity index (χ3v) is 4.47. The van der Waals surface area contributed by atoms with Gasteiger partial charge in [-0.1, -0.05) is 17.8 Å². The molecule has 2 rings (SSSR count). The van der Waals surface area contributed by atoms with Gasteiger partial charge in [-0.15, -0.1) is 0 Å². The lowest BCUT2D eigenvalue weighted by Gasteiger charge is -2.09. The number of rotatable bonds is 3. The Hall–Kier alpha value is -1.12. The summed E-state index contributed by atoms with van der Waals surface area (Å²) >= 11 is 4.05. The maximum absolute atomic E-state index is 14.1. The summed E-state index contributed by atoms with van der Waals surface area (Å²) in [6, 6.07) is 5.29. The molecule has 0 aliphatic heterocycles. The first kappa shape index (κ1) is 16.3. The van der Waals surface area contributed by atoms with Crippen LogP contribution in [0.2, 0.25) is 0 Å². The number of hydrogen-bond acceptors (Lipinski definition) is 3.